The van der Waals surface area contributed by atoms with E-state index in [0.717, 1.165) is 21.6 Å². The average molecular weight is 451 g/mol. The van der Waals surface area contributed by atoms with Gasteiger partial charge in [0.25, 0.3) is 11.8 Å². The van der Waals surface area contributed by atoms with Gasteiger partial charge in [-0.2, -0.15) is 0 Å². The van der Waals surface area contributed by atoms with Gasteiger partial charge < -0.3 is 5.32 Å². The second kappa shape index (κ2) is 8.22. The van der Waals surface area contributed by atoms with Gasteiger partial charge in [-0.1, -0.05) is 65.2 Å². The van der Waals surface area contributed by atoms with Gasteiger partial charge in [0.1, 0.15) is 5.70 Å². The second-order valence-electron chi connectivity index (χ2n) is 7.53. The zero-order chi connectivity index (χ0) is 22.3. The number of hydrogen-bond acceptors (Lipinski definition) is 3. The Labute approximate surface area is 191 Å². The largest absolute Gasteiger partial charge is 0.350 e. The lowest BCUT2D eigenvalue weighted by molar-refractivity contribution is -0.120. The Balaban J connectivity index is 1.85. The highest BCUT2D eigenvalue weighted by Gasteiger charge is 2.40. The summed E-state index contributed by atoms with van der Waals surface area (Å²) in [5.41, 5.74) is 4.97. The number of carbonyl (C=O) groups excluding carboxylic acids is 2. The minimum Gasteiger partial charge on any atom is -0.350 e. The maximum absolute atomic E-state index is 13.5. The van der Waals surface area contributed by atoms with Gasteiger partial charge in [0.2, 0.25) is 0 Å². The number of hydrogen-bond donors (Lipinski definition) is 1. The van der Waals surface area contributed by atoms with Gasteiger partial charge in [0, 0.05) is 15.7 Å². The van der Waals surface area contributed by atoms with E-state index in [-0.39, 0.29) is 5.70 Å². The third-order valence-electron chi connectivity index (χ3n) is 5.37. The van der Waals surface area contributed by atoms with E-state index in [4.69, 9.17) is 23.2 Å². The number of nitrogens with zero attached hydrogens (tertiary/aromatic N) is 1. The molecule has 1 aliphatic heterocycles. The Kier molecular flexibility index (Phi) is 5.61. The van der Waals surface area contributed by atoms with Crippen molar-refractivity contribution in [2.24, 2.45) is 0 Å². The first-order valence-corrected chi connectivity index (χ1v) is 10.5. The molecule has 3 aromatic rings. The number of imide groups is 1. The van der Waals surface area contributed by atoms with Crippen molar-refractivity contribution < 1.29 is 9.59 Å². The summed E-state index contributed by atoms with van der Waals surface area (Å²) in [6.45, 7) is 5.69. The molecular formula is C25H20Cl2N2O2. The van der Waals surface area contributed by atoms with E-state index in [1.165, 1.54) is 0 Å². The lowest BCUT2D eigenvalue weighted by Gasteiger charge is -2.16. The molecule has 4 nitrogen and oxygen atoms in total. The summed E-state index contributed by atoms with van der Waals surface area (Å²) in [4.78, 5) is 28.1. The molecule has 1 aliphatic rings. The number of carbonyl (C=O) groups is 2. The van der Waals surface area contributed by atoms with Crippen LogP contribution in [0.1, 0.15) is 22.3 Å². The van der Waals surface area contributed by atoms with Crippen LogP contribution in [-0.2, 0) is 9.59 Å². The zero-order valence-corrected chi connectivity index (χ0v) is 18.8. The molecule has 156 valence electrons. The van der Waals surface area contributed by atoms with Crippen molar-refractivity contribution in [3.8, 4) is 0 Å². The van der Waals surface area contributed by atoms with Crippen molar-refractivity contribution in [1.82, 2.24) is 0 Å². The molecule has 6 heteroatoms. The molecule has 3 aromatic carbocycles. The van der Waals surface area contributed by atoms with E-state index in [9.17, 15) is 9.59 Å². The number of nitrogens with one attached hydrogen (secondary N) is 1. The van der Waals surface area contributed by atoms with E-state index >= 15 is 0 Å². The second-order valence-corrected chi connectivity index (χ2v) is 8.35. The molecule has 31 heavy (non-hydrogen) atoms. The third-order valence-corrected chi connectivity index (χ3v) is 6.18. The molecule has 0 bridgehead atoms. The number of anilines is 2. The van der Waals surface area contributed by atoms with Gasteiger partial charge in [-0.15, -0.1) is 0 Å². The highest BCUT2D eigenvalue weighted by atomic mass is 35.5. The fourth-order valence-electron chi connectivity index (χ4n) is 3.47. The molecule has 2 amide bonds. The van der Waals surface area contributed by atoms with Crippen LogP contribution < -0.4 is 10.2 Å². The van der Waals surface area contributed by atoms with Crippen LogP contribution in [0.2, 0.25) is 10.0 Å². The van der Waals surface area contributed by atoms with Crippen molar-refractivity contribution in [3.05, 3.63) is 98.7 Å². The predicted octanol–water partition coefficient (Wildman–Crippen LogP) is 6.32. The molecule has 0 spiro atoms. The molecule has 0 aromatic heterocycles. The van der Waals surface area contributed by atoms with Gasteiger partial charge in [-0.3, -0.25) is 9.59 Å². The van der Waals surface area contributed by atoms with Crippen LogP contribution in [0.4, 0.5) is 11.4 Å². The summed E-state index contributed by atoms with van der Waals surface area (Å²) >= 11 is 12.5. The van der Waals surface area contributed by atoms with Gasteiger partial charge in [0.15, 0.2) is 0 Å². The van der Waals surface area contributed by atoms with Crippen LogP contribution in [-0.4, -0.2) is 11.8 Å². The maximum Gasteiger partial charge on any atom is 0.282 e. The van der Waals surface area contributed by atoms with E-state index in [1.54, 1.807) is 30.3 Å². The number of rotatable bonds is 4. The zero-order valence-electron chi connectivity index (χ0n) is 17.3. The van der Waals surface area contributed by atoms with Crippen LogP contribution in [0.3, 0.4) is 0 Å². The van der Waals surface area contributed by atoms with E-state index < -0.39 is 11.8 Å². The Morgan fingerprint density at radius 3 is 2.19 bits per heavy atom. The van der Waals surface area contributed by atoms with Crippen molar-refractivity contribution in [1.29, 1.82) is 0 Å². The summed E-state index contributed by atoms with van der Waals surface area (Å²) in [5, 5.41) is 4.23. The quantitative estimate of drug-likeness (QED) is 0.473. The van der Waals surface area contributed by atoms with E-state index in [0.29, 0.717) is 32.6 Å². The molecule has 0 aliphatic carbocycles. The van der Waals surface area contributed by atoms with Gasteiger partial charge in [0.05, 0.1) is 11.3 Å². The Morgan fingerprint density at radius 1 is 0.806 bits per heavy atom. The monoisotopic (exact) mass is 450 g/mol. The molecule has 0 unspecified atom stereocenters. The highest BCUT2D eigenvalue weighted by molar-refractivity contribution is 6.46. The van der Waals surface area contributed by atoms with Crippen LogP contribution in [0.5, 0.6) is 0 Å². The van der Waals surface area contributed by atoms with Crippen molar-refractivity contribution in [2.75, 3.05) is 10.2 Å². The predicted molar refractivity (Wildman–Crippen MR) is 127 cm³/mol. The summed E-state index contributed by atoms with van der Waals surface area (Å²) in [6, 6.07) is 18.0. The molecule has 0 atom stereocenters. The van der Waals surface area contributed by atoms with Crippen LogP contribution >= 0.6 is 23.2 Å². The summed E-state index contributed by atoms with van der Waals surface area (Å²) < 4.78 is 0. The topological polar surface area (TPSA) is 49.4 Å². The third kappa shape index (κ3) is 3.85. The molecule has 0 radical (unpaired) electrons. The van der Waals surface area contributed by atoms with Gasteiger partial charge >= 0.3 is 0 Å². The fraction of sp³-hybridized carbons (Fsp3) is 0.120. The Bertz CT molecular complexity index is 1250. The van der Waals surface area contributed by atoms with Gasteiger partial charge in [-0.05, 0) is 61.7 Å². The first-order chi connectivity index (χ1) is 14.8. The smallest absolute Gasteiger partial charge is 0.282 e. The molecule has 0 fully saturated rings. The summed E-state index contributed by atoms with van der Waals surface area (Å²) in [6.07, 6.45) is 0. The van der Waals surface area contributed by atoms with E-state index in [2.05, 4.69) is 5.32 Å². The first kappa shape index (κ1) is 21.2. The van der Waals surface area contributed by atoms with Crippen molar-refractivity contribution in [3.63, 3.8) is 0 Å². The molecule has 1 heterocycles. The number of amides is 2. The van der Waals surface area contributed by atoms with Crippen LogP contribution in [0, 0.1) is 20.8 Å². The SMILES string of the molecule is Cc1ccc(C2=C(Nc3cccc(Cl)c3C)C(=O)N(c3ccc(C)c(Cl)c3)C2=O)cc1. The molecular weight excluding hydrogens is 431 g/mol. The lowest BCUT2D eigenvalue weighted by atomic mass is 10.0. The Morgan fingerprint density at radius 2 is 1.52 bits per heavy atom. The first-order valence-electron chi connectivity index (χ1n) is 9.76. The van der Waals surface area contributed by atoms with Crippen molar-refractivity contribution >= 4 is 52.0 Å². The molecule has 1 N–H and O–H groups in total. The van der Waals surface area contributed by atoms with Crippen LogP contribution in [0.25, 0.3) is 5.57 Å². The molecule has 0 saturated heterocycles. The number of benzene rings is 3. The fourth-order valence-corrected chi connectivity index (χ4v) is 3.82. The number of halogens is 2. The van der Waals surface area contributed by atoms with Crippen LogP contribution in [0.15, 0.2) is 66.4 Å². The standard InChI is InChI=1S/C25H20Cl2N2O2/c1-14-7-10-17(11-8-14)22-23(28-21-6-4-5-19(26)16(21)3)25(31)29(24(22)30)18-12-9-15(2)20(27)13-18/h4-13,28H,1-3H3. The highest BCUT2D eigenvalue weighted by Crippen LogP contribution is 2.36. The van der Waals surface area contributed by atoms with Gasteiger partial charge in [-0.25, -0.2) is 4.90 Å². The van der Waals surface area contributed by atoms with E-state index in [1.807, 2.05) is 51.1 Å². The van der Waals surface area contributed by atoms with Crippen molar-refractivity contribution in [2.45, 2.75) is 20.8 Å². The summed E-state index contributed by atoms with van der Waals surface area (Å²) in [7, 11) is 0. The number of aryl methyl sites for hydroxylation is 2. The Hall–Kier alpha value is -3.08. The molecule has 4 rings (SSSR count). The maximum atomic E-state index is 13.5. The average Bonchev–Trinajstić information content (AvgIpc) is 2.98. The normalized spacial score (nSPS) is 13.9. The lowest BCUT2D eigenvalue weighted by Crippen LogP contribution is -2.32. The summed E-state index contributed by atoms with van der Waals surface area (Å²) in [5.74, 6) is -0.851. The minimum atomic E-state index is -0.445. The molecule has 0 saturated carbocycles. The minimum absolute atomic E-state index is 0.205.